The number of fused-ring (bicyclic) bond motifs is 4. The second kappa shape index (κ2) is 55.6. The molecular weight excluding hydrogens is 2510 g/mol. The van der Waals surface area contributed by atoms with Gasteiger partial charge >= 0.3 is 0 Å². The first-order valence-electron chi connectivity index (χ1n) is 50.5. The Morgan fingerprint density at radius 1 is 0.182 bits per heavy atom. The number of nitrogens with zero attached hydrogens (tertiary/aromatic N) is 8. The summed E-state index contributed by atoms with van der Waals surface area (Å²) in [6, 6.07) is 175. The van der Waals surface area contributed by atoms with E-state index in [2.05, 4.69) is 310 Å². The maximum Gasteiger partial charge on any atom is 0.0280 e. The maximum atomic E-state index is 7.33. The molecule has 148 heavy (non-hydrogen) atoms. The zero-order valence-electron chi connectivity index (χ0n) is 88.1. The minimum absolute atomic E-state index is 0. The standard InChI is InChI=1S/4C22H16N.4C12H10N.4Ir/c4*1-16-13-22(18-8-3-2-4-9-18)23-15-21(16)20-12-11-17-7-5-6-10-19(17)14-20;2*1-10-6-5-9-12(13-10)11-7-3-2-4-8-11;1-10-7-8-13-12(9-10)11-5-3-2-4-6-11;1-10-7-8-12(13-9-10)11-5-3-2-4-6-11;;;;/h4*2-8,10-15H,1H3;2*2-7,9H,1H3;2*2-5,7-9H,1H3;;;;/q8*-1;;;;/i;;;;;;2*1D3;;;;. The molecular formula is C136H104Ir4N8-8. The molecule has 8 nitrogen and oxygen atoms in total. The number of aryl methyl sites for hydroxylation is 8. The number of rotatable bonds is 12. The van der Waals surface area contributed by atoms with Crippen molar-refractivity contribution in [2.45, 2.75) is 55.2 Å². The van der Waals surface area contributed by atoms with Gasteiger partial charge in [0.1, 0.15) is 0 Å². The quantitative estimate of drug-likeness (QED) is 0.111. The first kappa shape index (κ1) is 101. The van der Waals surface area contributed by atoms with E-state index in [0.717, 1.165) is 95.8 Å². The molecule has 24 rings (SSSR count). The Morgan fingerprint density at radius 3 is 0.662 bits per heavy atom. The van der Waals surface area contributed by atoms with E-state index < -0.39 is 13.7 Å². The van der Waals surface area contributed by atoms with Crippen LogP contribution >= 0.6 is 0 Å². The van der Waals surface area contributed by atoms with Crippen molar-refractivity contribution in [1.82, 2.24) is 39.9 Å². The summed E-state index contributed by atoms with van der Waals surface area (Å²) in [6.07, 6.45) is 10.8. The van der Waals surface area contributed by atoms with E-state index in [0.29, 0.717) is 11.3 Å². The molecule has 16 aromatic carbocycles. The molecule has 0 amide bonds. The van der Waals surface area contributed by atoms with Crippen molar-refractivity contribution in [2.24, 2.45) is 0 Å². The first-order valence-corrected chi connectivity index (χ1v) is 47.5. The molecule has 0 unspecified atom stereocenters. The number of hydrogen-bond acceptors (Lipinski definition) is 8. The molecule has 0 spiro atoms. The zero-order valence-corrected chi connectivity index (χ0v) is 91.7. The fourth-order valence-corrected chi connectivity index (χ4v) is 16.4. The third-order valence-electron chi connectivity index (χ3n) is 23.9. The SMILES string of the molecule is Cc1cc(-c2[c-]cccc2)ncc1-c1ccc2ccccc2c1.Cc1cc(-c2[c-]cccc2)ncc1-c1ccc2ccccc2c1.Cc1cc(-c2[c-]cccc2)ncc1-c1ccc2ccccc2c1.Cc1cc(-c2[c-]cccc2)ncc1-c1ccc2ccccc2c1.Cc1cccc(-c2[c-]cccc2)n1.Cc1cccc(-c2[c-]cccc2)n1.[2H]C([2H])([2H])c1ccc(-c2[c-]cccc2)nc1.[2H]C([2H])([2H])c1ccnc(-c2[c-]cccc2)c1.[Ir].[Ir].[Ir].[Ir]. The average molecular weight is 2630 g/mol. The van der Waals surface area contributed by atoms with Gasteiger partial charge in [-0.25, -0.2) is 0 Å². The van der Waals surface area contributed by atoms with Crippen molar-refractivity contribution in [3.63, 3.8) is 0 Å². The van der Waals surface area contributed by atoms with Crippen LogP contribution in [-0.2, 0) is 80.4 Å². The third-order valence-corrected chi connectivity index (χ3v) is 23.9. The van der Waals surface area contributed by atoms with Crippen molar-refractivity contribution in [2.75, 3.05) is 0 Å². The molecule has 8 aromatic heterocycles. The van der Waals surface area contributed by atoms with Crippen molar-refractivity contribution in [1.29, 1.82) is 0 Å². The first-order chi connectivity index (χ1) is 73.1. The average Bonchev–Trinajstić information content (AvgIpc) is 0.795. The largest absolute Gasteiger partial charge is 0.305 e. The number of aromatic nitrogens is 8. The van der Waals surface area contributed by atoms with Crippen LogP contribution in [0.15, 0.2) is 486 Å². The van der Waals surface area contributed by atoms with Gasteiger partial charge in [-0.1, -0.05) is 218 Å². The second-order valence-corrected chi connectivity index (χ2v) is 34.2. The van der Waals surface area contributed by atoms with Gasteiger partial charge in [-0.05, 0) is 236 Å². The number of pyridine rings is 8. The van der Waals surface area contributed by atoms with Gasteiger partial charge in [0.15, 0.2) is 0 Å². The molecule has 12 heteroatoms. The maximum absolute atomic E-state index is 7.33. The Hall–Kier alpha value is -15.6. The predicted octanol–water partition coefficient (Wildman–Crippen LogP) is 34.1. The van der Waals surface area contributed by atoms with Crippen molar-refractivity contribution >= 4 is 43.1 Å². The molecule has 4 radical (unpaired) electrons. The zero-order chi connectivity index (χ0) is 104. The van der Waals surface area contributed by atoms with Gasteiger partial charge in [-0.15, -0.1) is 287 Å². The van der Waals surface area contributed by atoms with Crippen LogP contribution in [0.25, 0.3) is 178 Å². The smallest absolute Gasteiger partial charge is 0.0280 e. The molecule has 0 aliphatic carbocycles. The Morgan fingerprint density at radius 2 is 0.426 bits per heavy atom. The molecule has 0 saturated carbocycles. The van der Waals surface area contributed by atoms with Crippen LogP contribution in [0.3, 0.4) is 0 Å². The molecule has 0 atom stereocenters. The van der Waals surface area contributed by atoms with Gasteiger partial charge in [-0.2, -0.15) is 0 Å². The summed E-state index contributed by atoms with van der Waals surface area (Å²) < 4.78 is 43.7. The fourth-order valence-electron chi connectivity index (χ4n) is 16.4. The Kier molecular flexibility index (Phi) is 38.0. The van der Waals surface area contributed by atoms with Gasteiger partial charge in [0.05, 0.1) is 0 Å². The molecule has 732 valence electrons. The van der Waals surface area contributed by atoms with Crippen LogP contribution in [0.1, 0.15) is 53.0 Å². The molecule has 8 heterocycles. The van der Waals surface area contributed by atoms with E-state index in [1.165, 1.54) is 128 Å². The normalized spacial score (nSPS) is 11.0. The van der Waals surface area contributed by atoms with Gasteiger partial charge < -0.3 is 39.9 Å². The van der Waals surface area contributed by atoms with Gasteiger partial charge in [-0.3, -0.25) is 0 Å². The monoisotopic (exact) mass is 2630 g/mol. The van der Waals surface area contributed by atoms with E-state index in [9.17, 15) is 0 Å². The fraction of sp³-hybridized carbons (Fsp3) is 0.0588. The van der Waals surface area contributed by atoms with Crippen molar-refractivity contribution < 1.29 is 88.6 Å². The van der Waals surface area contributed by atoms with Crippen LogP contribution < -0.4 is 0 Å². The van der Waals surface area contributed by atoms with E-state index in [1.807, 2.05) is 257 Å². The van der Waals surface area contributed by atoms with Crippen LogP contribution in [0, 0.1) is 104 Å². The Labute approximate surface area is 932 Å². The van der Waals surface area contributed by atoms with E-state index in [-0.39, 0.29) is 86.0 Å². The van der Waals surface area contributed by atoms with E-state index >= 15 is 0 Å². The summed E-state index contributed by atoms with van der Waals surface area (Å²) in [4.78, 5) is 35.6. The summed E-state index contributed by atoms with van der Waals surface area (Å²) in [5.74, 6) is 0. The van der Waals surface area contributed by atoms with Crippen LogP contribution in [0.5, 0.6) is 0 Å². The molecule has 24 aromatic rings. The van der Waals surface area contributed by atoms with E-state index in [1.54, 1.807) is 30.3 Å². The third kappa shape index (κ3) is 30.3. The summed E-state index contributed by atoms with van der Waals surface area (Å²) in [7, 11) is 0. The molecule has 0 fully saturated rings. The summed E-state index contributed by atoms with van der Waals surface area (Å²) in [5, 5.41) is 10.1. The van der Waals surface area contributed by atoms with Crippen LogP contribution in [0.4, 0.5) is 0 Å². The molecule has 0 aliphatic rings. The van der Waals surface area contributed by atoms with Crippen molar-refractivity contribution in [3.8, 4) is 135 Å². The molecule has 0 aliphatic heterocycles. The van der Waals surface area contributed by atoms with Crippen LogP contribution in [-0.4, -0.2) is 39.9 Å². The van der Waals surface area contributed by atoms with Gasteiger partial charge in [0.25, 0.3) is 0 Å². The van der Waals surface area contributed by atoms with E-state index in [4.69, 9.17) is 8.22 Å². The molecule has 0 N–H and O–H groups in total. The Balaban J connectivity index is 0.000000147. The molecule has 0 bridgehead atoms. The Bertz CT molecular complexity index is 7860. The predicted molar refractivity (Wildman–Crippen MR) is 598 cm³/mol. The minimum atomic E-state index is -2.09. The number of benzene rings is 16. The summed E-state index contributed by atoms with van der Waals surface area (Å²) in [5.41, 5.74) is 32.1. The summed E-state index contributed by atoms with van der Waals surface area (Å²) in [6.45, 7) is 8.35. The van der Waals surface area contributed by atoms with Gasteiger partial charge in [0, 0.05) is 159 Å². The topological polar surface area (TPSA) is 103 Å². The summed E-state index contributed by atoms with van der Waals surface area (Å²) >= 11 is 0. The minimum Gasteiger partial charge on any atom is -0.305 e. The molecule has 0 saturated heterocycles. The second-order valence-electron chi connectivity index (χ2n) is 34.2. The van der Waals surface area contributed by atoms with Crippen molar-refractivity contribution in [3.05, 3.63) is 579 Å². The number of hydrogen-bond donors (Lipinski definition) is 0. The van der Waals surface area contributed by atoms with Crippen LogP contribution in [0.2, 0.25) is 0 Å². The van der Waals surface area contributed by atoms with Gasteiger partial charge in [0.2, 0.25) is 0 Å².